The summed E-state index contributed by atoms with van der Waals surface area (Å²) in [5.74, 6) is -7.26. The van der Waals surface area contributed by atoms with E-state index < -0.39 is 36.9 Å². The van der Waals surface area contributed by atoms with Gasteiger partial charge in [-0.2, -0.15) is 30.7 Å². The van der Waals surface area contributed by atoms with Gasteiger partial charge in [0.1, 0.15) is 0 Å². The molecule has 0 rings (SSSR count). The van der Waals surface area contributed by atoms with Crippen LogP contribution in [0.3, 0.4) is 0 Å². The number of hydrogen-bond acceptors (Lipinski definition) is 3. The topological polar surface area (TPSA) is 35.5 Å². The Kier molecular flexibility index (Phi) is 6.65. The summed E-state index contributed by atoms with van der Waals surface area (Å²) in [5.41, 5.74) is 0. The maximum Gasteiger partial charge on any atom is 0.458 e. The number of rotatable bonds is 7. The van der Waals surface area contributed by atoms with E-state index in [0.29, 0.717) is 12.5 Å². The van der Waals surface area contributed by atoms with Crippen LogP contribution in [-0.4, -0.2) is 30.5 Å². The first-order chi connectivity index (χ1) is 9.39. The SMILES string of the molecule is C=CC(=O)OC(CCCC)OC(F)(C(F)(F)F)C(F)(F)F. The van der Waals surface area contributed by atoms with Crippen molar-refractivity contribution >= 4 is 5.97 Å². The van der Waals surface area contributed by atoms with Gasteiger partial charge in [0, 0.05) is 12.5 Å². The summed E-state index contributed by atoms with van der Waals surface area (Å²) in [6.07, 6.45) is -14.7. The number of carbonyl (C=O) groups excluding carboxylic acids is 1. The maximum atomic E-state index is 13.3. The van der Waals surface area contributed by atoms with Gasteiger partial charge in [-0.25, -0.2) is 4.79 Å². The van der Waals surface area contributed by atoms with Crippen LogP contribution >= 0.6 is 0 Å². The second kappa shape index (κ2) is 7.10. The molecule has 0 saturated heterocycles. The minimum Gasteiger partial charge on any atom is -0.432 e. The minimum atomic E-state index is -6.38. The number of carbonyl (C=O) groups is 1. The highest BCUT2D eigenvalue weighted by atomic mass is 19.4. The molecule has 0 aliphatic heterocycles. The molecular weight excluding hydrogens is 313 g/mol. The molecular formula is C11H13F7O3. The fraction of sp³-hybridized carbons (Fsp3) is 0.727. The largest absolute Gasteiger partial charge is 0.458 e. The van der Waals surface area contributed by atoms with Crippen molar-refractivity contribution in [2.45, 2.75) is 50.7 Å². The highest BCUT2D eigenvalue weighted by Crippen LogP contribution is 2.48. The van der Waals surface area contributed by atoms with Crippen molar-refractivity contribution in [1.29, 1.82) is 0 Å². The molecule has 0 N–H and O–H groups in total. The number of alkyl halides is 7. The fourth-order valence-corrected chi connectivity index (χ4v) is 1.17. The van der Waals surface area contributed by atoms with E-state index in [1.165, 1.54) is 0 Å². The Hall–Kier alpha value is -1.32. The lowest BCUT2D eigenvalue weighted by atomic mass is 10.2. The van der Waals surface area contributed by atoms with Gasteiger partial charge in [0.25, 0.3) is 0 Å². The van der Waals surface area contributed by atoms with Crippen LogP contribution in [0.1, 0.15) is 26.2 Å². The molecule has 0 bridgehead atoms. The molecule has 1 atom stereocenters. The first-order valence-corrected chi connectivity index (χ1v) is 5.72. The van der Waals surface area contributed by atoms with Crippen LogP contribution < -0.4 is 0 Å². The lowest BCUT2D eigenvalue weighted by Gasteiger charge is -2.32. The third kappa shape index (κ3) is 5.18. The quantitative estimate of drug-likeness (QED) is 0.307. The zero-order chi connectivity index (χ0) is 16.9. The van der Waals surface area contributed by atoms with Crippen molar-refractivity contribution in [3.63, 3.8) is 0 Å². The molecule has 0 amide bonds. The fourth-order valence-electron chi connectivity index (χ4n) is 1.17. The van der Waals surface area contributed by atoms with Crippen molar-refractivity contribution in [2.75, 3.05) is 0 Å². The van der Waals surface area contributed by atoms with Crippen LogP contribution in [0.15, 0.2) is 12.7 Å². The van der Waals surface area contributed by atoms with Crippen molar-refractivity contribution in [2.24, 2.45) is 0 Å². The van der Waals surface area contributed by atoms with Crippen molar-refractivity contribution in [3.05, 3.63) is 12.7 Å². The van der Waals surface area contributed by atoms with E-state index in [4.69, 9.17) is 0 Å². The van der Waals surface area contributed by atoms with Gasteiger partial charge in [-0.05, 0) is 6.42 Å². The standard InChI is InChI=1S/C11H13F7O3/c1-3-5-6-8(20-7(19)4-2)21-9(12,10(13,14)15)11(16,17)18/h4,8H,2-3,5-6H2,1H3. The smallest absolute Gasteiger partial charge is 0.432 e. The van der Waals surface area contributed by atoms with Crippen LogP contribution in [0, 0.1) is 0 Å². The van der Waals surface area contributed by atoms with Gasteiger partial charge in [0.2, 0.25) is 6.29 Å². The zero-order valence-corrected chi connectivity index (χ0v) is 10.9. The molecule has 0 aromatic carbocycles. The van der Waals surface area contributed by atoms with Crippen LogP contribution in [0.2, 0.25) is 0 Å². The third-order valence-corrected chi connectivity index (χ3v) is 2.23. The van der Waals surface area contributed by atoms with E-state index in [1.54, 1.807) is 6.92 Å². The summed E-state index contributed by atoms with van der Waals surface area (Å²) >= 11 is 0. The van der Waals surface area contributed by atoms with Crippen LogP contribution in [0.5, 0.6) is 0 Å². The molecule has 21 heavy (non-hydrogen) atoms. The molecule has 124 valence electrons. The first kappa shape index (κ1) is 19.7. The summed E-state index contributed by atoms with van der Waals surface area (Å²) in [6, 6.07) is 0. The molecule has 10 heteroatoms. The van der Waals surface area contributed by atoms with Crippen LogP contribution in [0.25, 0.3) is 0 Å². The summed E-state index contributed by atoms with van der Waals surface area (Å²) in [4.78, 5) is 10.9. The summed E-state index contributed by atoms with van der Waals surface area (Å²) in [6.45, 7) is 4.49. The Morgan fingerprint density at radius 3 is 1.95 bits per heavy atom. The number of hydrogen-bond donors (Lipinski definition) is 0. The second-order valence-corrected chi connectivity index (χ2v) is 3.92. The van der Waals surface area contributed by atoms with E-state index >= 15 is 0 Å². The van der Waals surface area contributed by atoms with Gasteiger partial charge < -0.3 is 4.74 Å². The number of esters is 1. The van der Waals surface area contributed by atoms with Crippen LogP contribution in [0.4, 0.5) is 30.7 Å². The number of ether oxygens (including phenoxy) is 2. The van der Waals surface area contributed by atoms with Gasteiger partial charge in [-0.3, -0.25) is 4.74 Å². The van der Waals surface area contributed by atoms with Crippen molar-refractivity contribution in [3.8, 4) is 0 Å². The van der Waals surface area contributed by atoms with E-state index in [-0.39, 0.29) is 6.42 Å². The van der Waals surface area contributed by atoms with Gasteiger partial charge in [0.15, 0.2) is 0 Å². The Bertz CT molecular complexity index is 348. The zero-order valence-electron chi connectivity index (χ0n) is 10.9. The van der Waals surface area contributed by atoms with Gasteiger partial charge in [0.05, 0.1) is 0 Å². The lowest BCUT2D eigenvalue weighted by Crippen LogP contribution is -2.57. The average molecular weight is 326 g/mol. The predicted octanol–water partition coefficient (Wildman–Crippen LogP) is 4.04. The Morgan fingerprint density at radius 1 is 1.14 bits per heavy atom. The lowest BCUT2D eigenvalue weighted by molar-refractivity contribution is -0.452. The molecule has 0 aliphatic rings. The number of unbranched alkanes of at least 4 members (excludes halogenated alkanes) is 1. The molecule has 0 radical (unpaired) electrons. The van der Waals surface area contributed by atoms with Gasteiger partial charge >= 0.3 is 24.2 Å². The summed E-state index contributed by atoms with van der Waals surface area (Å²) < 4.78 is 94.9. The normalized spacial score (nSPS) is 14.7. The van der Waals surface area contributed by atoms with Gasteiger partial charge in [-0.1, -0.05) is 19.9 Å². The van der Waals surface area contributed by atoms with Crippen molar-refractivity contribution in [1.82, 2.24) is 0 Å². The summed E-state index contributed by atoms with van der Waals surface area (Å²) in [5, 5.41) is 0. The van der Waals surface area contributed by atoms with Crippen molar-refractivity contribution < 1.29 is 45.0 Å². The molecule has 0 aromatic rings. The highest BCUT2D eigenvalue weighted by molar-refractivity contribution is 5.81. The van der Waals surface area contributed by atoms with E-state index in [1.807, 2.05) is 0 Å². The molecule has 3 nitrogen and oxygen atoms in total. The first-order valence-electron chi connectivity index (χ1n) is 5.72. The Balaban J connectivity index is 5.31. The third-order valence-electron chi connectivity index (χ3n) is 2.23. The molecule has 1 unspecified atom stereocenters. The van der Waals surface area contributed by atoms with E-state index in [2.05, 4.69) is 16.1 Å². The Morgan fingerprint density at radius 2 is 1.62 bits per heavy atom. The number of halogens is 7. The highest BCUT2D eigenvalue weighted by Gasteiger charge is 2.75. The monoisotopic (exact) mass is 326 g/mol. The van der Waals surface area contributed by atoms with E-state index in [9.17, 15) is 35.5 Å². The Labute approximate surface area is 115 Å². The molecule has 0 spiro atoms. The predicted molar refractivity (Wildman–Crippen MR) is 56.6 cm³/mol. The molecule has 0 saturated carbocycles. The van der Waals surface area contributed by atoms with Crippen LogP contribution in [-0.2, 0) is 14.3 Å². The van der Waals surface area contributed by atoms with Gasteiger partial charge in [-0.15, -0.1) is 0 Å². The molecule has 0 aliphatic carbocycles. The molecule has 0 aromatic heterocycles. The van der Waals surface area contributed by atoms with E-state index in [0.717, 1.165) is 0 Å². The molecule has 0 heterocycles. The second-order valence-electron chi connectivity index (χ2n) is 3.92. The average Bonchev–Trinajstić information content (AvgIpc) is 2.32. The summed E-state index contributed by atoms with van der Waals surface area (Å²) in [7, 11) is 0. The molecule has 0 fully saturated rings. The minimum absolute atomic E-state index is 0.0564. The maximum absolute atomic E-state index is 13.3.